The quantitative estimate of drug-likeness (QED) is 0.509. The number of aliphatic hydroxyl groups excluding tert-OH is 1. The Morgan fingerprint density at radius 2 is 2.13 bits per heavy atom. The number of hydrogen-bond acceptors (Lipinski definition) is 6. The minimum atomic E-state index is -3.73. The molecule has 0 saturated heterocycles. The molecule has 0 aromatic heterocycles. The van der Waals surface area contributed by atoms with Crippen molar-refractivity contribution < 1.29 is 18.4 Å². The summed E-state index contributed by atoms with van der Waals surface area (Å²) in [6.45, 7) is 0.0876. The van der Waals surface area contributed by atoms with Crippen LogP contribution in [0.1, 0.15) is 25.7 Å². The smallest absolute Gasteiger partial charge is 0.293 e. The number of aliphatic hydroxyl groups is 1. The van der Waals surface area contributed by atoms with E-state index in [-0.39, 0.29) is 29.1 Å². The molecule has 0 aliphatic heterocycles. The third-order valence-corrected chi connectivity index (χ3v) is 5.66. The third kappa shape index (κ3) is 3.98. The Morgan fingerprint density at radius 3 is 2.74 bits per heavy atom. The van der Waals surface area contributed by atoms with Gasteiger partial charge in [0.25, 0.3) is 5.69 Å². The van der Waals surface area contributed by atoms with Gasteiger partial charge in [-0.3, -0.25) is 10.1 Å². The molecule has 1 aliphatic carbocycles. The Labute approximate surface area is 135 Å². The second kappa shape index (κ2) is 7.24. The Bertz CT molecular complexity index is 677. The van der Waals surface area contributed by atoms with E-state index < -0.39 is 14.9 Å². The van der Waals surface area contributed by atoms with Gasteiger partial charge in [0, 0.05) is 18.7 Å². The molecule has 0 amide bonds. The summed E-state index contributed by atoms with van der Waals surface area (Å²) >= 11 is 0. The van der Waals surface area contributed by atoms with E-state index in [1.54, 1.807) is 0 Å². The fourth-order valence-corrected chi connectivity index (χ4v) is 3.76. The van der Waals surface area contributed by atoms with E-state index >= 15 is 0 Å². The van der Waals surface area contributed by atoms with E-state index in [1.165, 1.54) is 19.2 Å². The van der Waals surface area contributed by atoms with Crippen LogP contribution in [0.5, 0.6) is 0 Å². The molecular weight excluding hydrogens is 322 g/mol. The predicted octanol–water partition coefficient (Wildman–Crippen LogP) is 1.47. The Morgan fingerprint density at radius 1 is 1.39 bits per heavy atom. The molecular formula is C14H21N3O5S. The summed E-state index contributed by atoms with van der Waals surface area (Å²) in [6.07, 6.45) is 3.50. The van der Waals surface area contributed by atoms with Gasteiger partial charge in [0.15, 0.2) is 0 Å². The van der Waals surface area contributed by atoms with Gasteiger partial charge in [-0.2, -0.15) is 0 Å². The van der Waals surface area contributed by atoms with Crippen molar-refractivity contribution in [2.75, 3.05) is 19.0 Å². The molecule has 2 atom stereocenters. The van der Waals surface area contributed by atoms with Gasteiger partial charge < -0.3 is 10.4 Å². The fraction of sp³-hybridized carbons (Fsp3) is 0.571. The molecule has 0 spiro atoms. The highest BCUT2D eigenvalue weighted by Gasteiger charge is 2.29. The van der Waals surface area contributed by atoms with E-state index in [4.69, 9.17) is 5.11 Å². The SMILES string of the molecule is CNS(=O)(=O)c1ccc(NC2CCCC2CCO)c([N+](=O)[O-])c1. The molecule has 23 heavy (non-hydrogen) atoms. The third-order valence-electron chi connectivity index (χ3n) is 4.24. The van der Waals surface area contributed by atoms with Crippen LogP contribution >= 0.6 is 0 Å². The monoisotopic (exact) mass is 343 g/mol. The molecule has 1 aliphatic rings. The maximum Gasteiger partial charge on any atom is 0.293 e. The molecule has 1 aromatic carbocycles. The van der Waals surface area contributed by atoms with E-state index in [0.717, 1.165) is 25.3 Å². The Balaban J connectivity index is 2.30. The first-order chi connectivity index (χ1) is 10.9. The van der Waals surface area contributed by atoms with Crippen molar-refractivity contribution in [3.63, 3.8) is 0 Å². The molecule has 1 fully saturated rings. The molecule has 9 heteroatoms. The van der Waals surface area contributed by atoms with Crippen LogP contribution in [0.25, 0.3) is 0 Å². The number of nitro groups is 1. The first-order valence-electron chi connectivity index (χ1n) is 7.48. The van der Waals surface area contributed by atoms with E-state index in [9.17, 15) is 18.5 Å². The Hall–Kier alpha value is -1.71. The lowest BCUT2D eigenvalue weighted by atomic mass is 9.99. The zero-order chi connectivity index (χ0) is 17.0. The van der Waals surface area contributed by atoms with Crippen LogP contribution in [0.4, 0.5) is 11.4 Å². The largest absolute Gasteiger partial charge is 0.396 e. The number of nitrogens with zero attached hydrogens (tertiary/aromatic N) is 1. The summed E-state index contributed by atoms with van der Waals surface area (Å²) in [5, 5.41) is 23.5. The van der Waals surface area contributed by atoms with Crippen molar-refractivity contribution in [2.24, 2.45) is 5.92 Å². The first-order valence-corrected chi connectivity index (χ1v) is 8.96. The molecule has 1 aromatic rings. The van der Waals surface area contributed by atoms with Gasteiger partial charge in [-0.05, 0) is 44.4 Å². The average Bonchev–Trinajstić information content (AvgIpc) is 2.95. The van der Waals surface area contributed by atoms with Crippen molar-refractivity contribution >= 4 is 21.4 Å². The standard InChI is InChI=1S/C14H21N3O5S/c1-15-23(21,22)11-5-6-13(14(9-11)17(19)20)16-12-4-2-3-10(12)7-8-18/h5-6,9-10,12,15-16,18H,2-4,7-8H2,1H3. The molecule has 3 N–H and O–H groups in total. The molecule has 2 rings (SSSR count). The lowest BCUT2D eigenvalue weighted by Gasteiger charge is -2.21. The summed E-state index contributed by atoms with van der Waals surface area (Å²) in [6, 6.07) is 3.88. The first kappa shape index (κ1) is 17.6. The lowest BCUT2D eigenvalue weighted by Crippen LogP contribution is -2.25. The normalized spacial score (nSPS) is 21.3. The molecule has 1 saturated carbocycles. The highest BCUT2D eigenvalue weighted by Crippen LogP contribution is 2.34. The fourth-order valence-electron chi connectivity index (χ4n) is 3.01. The van der Waals surface area contributed by atoms with Gasteiger partial charge in [-0.1, -0.05) is 6.42 Å². The summed E-state index contributed by atoms with van der Waals surface area (Å²) in [5.74, 6) is 0.264. The van der Waals surface area contributed by atoms with Gasteiger partial charge in [0.1, 0.15) is 5.69 Å². The second-order valence-corrected chi connectivity index (χ2v) is 7.48. The minimum absolute atomic E-state index is 0.0487. The van der Waals surface area contributed by atoms with E-state index in [0.29, 0.717) is 12.1 Å². The Kier molecular flexibility index (Phi) is 5.55. The van der Waals surface area contributed by atoms with Crippen LogP contribution in [0, 0.1) is 16.0 Å². The maximum atomic E-state index is 11.8. The van der Waals surface area contributed by atoms with Crippen LogP contribution in [-0.4, -0.2) is 38.1 Å². The van der Waals surface area contributed by atoms with Gasteiger partial charge >= 0.3 is 0 Å². The number of benzene rings is 1. The van der Waals surface area contributed by atoms with Gasteiger partial charge in [0.2, 0.25) is 10.0 Å². The highest BCUT2D eigenvalue weighted by molar-refractivity contribution is 7.89. The van der Waals surface area contributed by atoms with Crippen molar-refractivity contribution in [1.82, 2.24) is 4.72 Å². The highest BCUT2D eigenvalue weighted by atomic mass is 32.2. The summed E-state index contributed by atoms with van der Waals surface area (Å²) in [7, 11) is -2.48. The second-order valence-electron chi connectivity index (χ2n) is 5.60. The van der Waals surface area contributed by atoms with E-state index in [2.05, 4.69) is 10.0 Å². The molecule has 8 nitrogen and oxygen atoms in total. The molecule has 128 valence electrons. The average molecular weight is 343 g/mol. The number of hydrogen-bond donors (Lipinski definition) is 3. The van der Waals surface area contributed by atoms with E-state index in [1.807, 2.05) is 0 Å². The van der Waals surface area contributed by atoms with Crippen molar-refractivity contribution in [2.45, 2.75) is 36.6 Å². The van der Waals surface area contributed by atoms with Gasteiger partial charge in [-0.15, -0.1) is 0 Å². The molecule has 0 bridgehead atoms. The number of nitro benzene ring substituents is 1. The van der Waals surface area contributed by atoms with Crippen molar-refractivity contribution in [3.05, 3.63) is 28.3 Å². The lowest BCUT2D eigenvalue weighted by molar-refractivity contribution is -0.384. The van der Waals surface area contributed by atoms with Gasteiger partial charge in [-0.25, -0.2) is 13.1 Å². The predicted molar refractivity (Wildman–Crippen MR) is 85.8 cm³/mol. The summed E-state index contributed by atoms with van der Waals surface area (Å²) in [5.41, 5.74) is 0.0378. The molecule has 0 heterocycles. The van der Waals surface area contributed by atoms with Crippen LogP contribution in [0.2, 0.25) is 0 Å². The van der Waals surface area contributed by atoms with Gasteiger partial charge in [0.05, 0.1) is 9.82 Å². The van der Waals surface area contributed by atoms with Crippen molar-refractivity contribution in [1.29, 1.82) is 0 Å². The van der Waals surface area contributed by atoms with Crippen LogP contribution in [-0.2, 0) is 10.0 Å². The maximum absolute atomic E-state index is 11.8. The number of anilines is 1. The zero-order valence-electron chi connectivity index (χ0n) is 12.9. The molecule has 2 unspecified atom stereocenters. The van der Waals surface area contributed by atoms with Crippen LogP contribution in [0.15, 0.2) is 23.1 Å². The van der Waals surface area contributed by atoms with Crippen molar-refractivity contribution in [3.8, 4) is 0 Å². The van der Waals surface area contributed by atoms with Crippen LogP contribution < -0.4 is 10.0 Å². The van der Waals surface area contributed by atoms with Crippen LogP contribution in [0.3, 0.4) is 0 Å². The minimum Gasteiger partial charge on any atom is -0.396 e. The number of sulfonamides is 1. The number of rotatable bonds is 7. The molecule has 0 radical (unpaired) electrons. The number of nitrogens with one attached hydrogen (secondary N) is 2. The summed E-state index contributed by atoms with van der Waals surface area (Å²) in [4.78, 5) is 10.5. The zero-order valence-corrected chi connectivity index (χ0v) is 13.7. The summed E-state index contributed by atoms with van der Waals surface area (Å²) < 4.78 is 25.7. The topological polar surface area (TPSA) is 122 Å².